The number of carboxylic acid groups (broad SMARTS) is 1. The molecule has 0 aromatic carbocycles. The molecule has 0 unspecified atom stereocenters. The van der Waals surface area contributed by atoms with Gasteiger partial charge in [-0.15, -0.1) is 0 Å². The predicted octanol–water partition coefficient (Wildman–Crippen LogP) is 1.46. The van der Waals surface area contributed by atoms with Crippen LogP contribution in [-0.2, 0) is 4.79 Å². The molecule has 0 aromatic heterocycles. The molecule has 2 nitrogen and oxygen atoms in total. The van der Waals surface area contributed by atoms with E-state index >= 15 is 0 Å². The number of aliphatic carboxylic acids is 1. The normalized spacial score (nSPS) is 7.62. The third kappa shape index (κ3) is 914000. The fourth-order valence-electron chi connectivity index (χ4n) is 0. The van der Waals surface area contributed by atoms with Crippen LogP contribution in [0.5, 0.6) is 0 Å². The topological polar surface area (TPSA) is 37.3 Å². The Labute approximate surface area is 55.0 Å². The van der Waals surface area contributed by atoms with Gasteiger partial charge in [-0.2, -0.15) is 0 Å². The van der Waals surface area contributed by atoms with Crippen molar-refractivity contribution in [2.75, 3.05) is 0 Å². The molecular formula is C5H13GeO2. The second-order valence-electron chi connectivity index (χ2n) is 2.02. The van der Waals surface area contributed by atoms with Crippen LogP contribution < -0.4 is 0 Å². The van der Waals surface area contributed by atoms with Gasteiger partial charge < -0.3 is 5.11 Å². The van der Waals surface area contributed by atoms with Gasteiger partial charge in [0.2, 0.25) is 0 Å². The van der Waals surface area contributed by atoms with E-state index in [2.05, 4.69) is 17.3 Å². The van der Waals surface area contributed by atoms with Gasteiger partial charge in [-0.3, -0.25) is 4.79 Å². The molecule has 0 amide bonds. The molecule has 0 saturated heterocycles. The standard InChI is InChI=1S/C3H9Ge.C2H4O2/c1-4(2)3;1-2(3)4/h1-3H3;1H3,(H,3,4). The molecule has 0 atom stereocenters. The summed E-state index contributed by atoms with van der Waals surface area (Å²) in [4.78, 5) is 9.00. The average Bonchev–Trinajstić information content (AvgIpc) is 1.25. The Kier molecular flexibility index (Phi) is 9.55. The van der Waals surface area contributed by atoms with Crippen LogP contribution in [0.15, 0.2) is 0 Å². The number of hydrogen-bond acceptors (Lipinski definition) is 1. The Balaban J connectivity index is 0. The molecule has 49 valence electrons. The summed E-state index contributed by atoms with van der Waals surface area (Å²) in [5.41, 5.74) is 0. The molecule has 0 aliphatic heterocycles. The van der Waals surface area contributed by atoms with Crippen molar-refractivity contribution in [2.45, 2.75) is 24.2 Å². The molecule has 0 fully saturated rings. The van der Waals surface area contributed by atoms with E-state index in [4.69, 9.17) is 9.90 Å². The molecule has 1 radical (unpaired) electrons. The molecule has 0 aliphatic carbocycles. The summed E-state index contributed by atoms with van der Waals surface area (Å²) in [6, 6.07) is 0. The summed E-state index contributed by atoms with van der Waals surface area (Å²) in [5, 5.41) is 7.42. The van der Waals surface area contributed by atoms with Gasteiger partial charge in [0.25, 0.3) is 5.97 Å². The third-order valence-electron chi connectivity index (χ3n) is 0. The first-order chi connectivity index (χ1) is 3.46. The second-order valence-corrected chi connectivity index (χ2v) is 8.31. The summed E-state index contributed by atoms with van der Waals surface area (Å²) in [5.74, 6) is 6.17. The number of hydrogen-bond donors (Lipinski definition) is 1. The predicted molar refractivity (Wildman–Crippen MR) is 36.7 cm³/mol. The van der Waals surface area contributed by atoms with Gasteiger partial charge in [0.15, 0.2) is 0 Å². The molecule has 8 heavy (non-hydrogen) atoms. The van der Waals surface area contributed by atoms with Crippen LogP contribution in [0.1, 0.15) is 6.92 Å². The van der Waals surface area contributed by atoms with Crippen LogP contribution >= 0.6 is 0 Å². The summed E-state index contributed by atoms with van der Waals surface area (Å²) in [6.45, 7) is 1.08. The van der Waals surface area contributed by atoms with Crippen LogP contribution in [0, 0.1) is 0 Å². The number of carboxylic acids is 1. The number of rotatable bonds is 0. The van der Waals surface area contributed by atoms with Crippen LogP contribution in [-0.4, -0.2) is 25.4 Å². The van der Waals surface area contributed by atoms with E-state index in [-0.39, 0.29) is 14.3 Å². The Morgan fingerprint density at radius 1 is 1.38 bits per heavy atom. The summed E-state index contributed by atoms with van der Waals surface area (Å²) in [7, 11) is 0. The Morgan fingerprint density at radius 2 is 1.38 bits per heavy atom. The summed E-state index contributed by atoms with van der Waals surface area (Å²) >= 11 is -0.333. The van der Waals surface area contributed by atoms with Gasteiger partial charge in [-0.05, 0) is 0 Å². The molecule has 1 N–H and O–H groups in total. The van der Waals surface area contributed by atoms with E-state index in [1.54, 1.807) is 0 Å². The fraction of sp³-hybridized carbons (Fsp3) is 0.800. The van der Waals surface area contributed by atoms with Gasteiger partial charge in [0.1, 0.15) is 0 Å². The van der Waals surface area contributed by atoms with Gasteiger partial charge in [-0.1, -0.05) is 0 Å². The minimum absolute atomic E-state index is 0.333. The molecule has 0 aliphatic rings. The molecule has 0 spiro atoms. The maximum absolute atomic E-state index is 9.00. The Bertz CT molecular complexity index is 54.7. The zero-order chi connectivity index (χ0) is 7.15. The van der Waals surface area contributed by atoms with E-state index in [1.165, 1.54) is 0 Å². The number of carbonyl (C=O) groups is 1. The fourth-order valence-corrected chi connectivity index (χ4v) is 0. The first kappa shape index (κ1) is 10.9. The monoisotopic (exact) mass is 179 g/mol. The van der Waals surface area contributed by atoms with Crippen molar-refractivity contribution in [2.24, 2.45) is 0 Å². The second kappa shape index (κ2) is 7.01. The first-order valence-electron chi connectivity index (χ1n) is 2.43. The van der Waals surface area contributed by atoms with Crippen molar-refractivity contribution < 1.29 is 9.90 Å². The molecular weight excluding hydrogens is 165 g/mol. The zero-order valence-electron chi connectivity index (χ0n) is 5.86. The van der Waals surface area contributed by atoms with Crippen molar-refractivity contribution in [3.05, 3.63) is 0 Å². The van der Waals surface area contributed by atoms with E-state index < -0.39 is 5.97 Å². The Morgan fingerprint density at radius 3 is 1.38 bits per heavy atom. The molecule has 0 rings (SSSR count). The van der Waals surface area contributed by atoms with E-state index in [0.717, 1.165) is 6.92 Å². The van der Waals surface area contributed by atoms with E-state index in [1.807, 2.05) is 0 Å². The van der Waals surface area contributed by atoms with Gasteiger partial charge in [0, 0.05) is 6.92 Å². The van der Waals surface area contributed by atoms with Crippen molar-refractivity contribution in [1.82, 2.24) is 0 Å². The quantitative estimate of drug-likeness (QED) is 0.569. The van der Waals surface area contributed by atoms with Gasteiger partial charge in [-0.25, -0.2) is 0 Å². The van der Waals surface area contributed by atoms with Crippen LogP contribution in [0.2, 0.25) is 17.3 Å². The van der Waals surface area contributed by atoms with Crippen LogP contribution in [0.4, 0.5) is 0 Å². The van der Waals surface area contributed by atoms with E-state index in [9.17, 15) is 0 Å². The van der Waals surface area contributed by atoms with Crippen molar-refractivity contribution in [1.29, 1.82) is 0 Å². The summed E-state index contributed by atoms with van der Waals surface area (Å²) in [6.07, 6.45) is 0. The van der Waals surface area contributed by atoms with Crippen LogP contribution in [0.3, 0.4) is 0 Å². The SMILES string of the molecule is CC(=O)O.[CH3][Ge]([CH3])[CH3]. The Hall–Kier alpha value is 0.0129. The van der Waals surface area contributed by atoms with Crippen molar-refractivity contribution in [3.8, 4) is 0 Å². The molecule has 3 heteroatoms. The van der Waals surface area contributed by atoms with Gasteiger partial charge in [0.05, 0.1) is 0 Å². The van der Waals surface area contributed by atoms with Gasteiger partial charge >= 0.3 is 31.6 Å². The van der Waals surface area contributed by atoms with Crippen molar-refractivity contribution >= 4 is 20.3 Å². The van der Waals surface area contributed by atoms with Crippen LogP contribution in [0.25, 0.3) is 0 Å². The molecule has 0 heterocycles. The first-order valence-corrected chi connectivity index (χ1v) is 8.72. The van der Waals surface area contributed by atoms with Crippen molar-refractivity contribution in [3.63, 3.8) is 0 Å². The zero-order valence-corrected chi connectivity index (χ0v) is 7.95. The molecule has 0 aromatic rings. The summed E-state index contributed by atoms with van der Waals surface area (Å²) < 4.78 is 0. The molecule has 0 bridgehead atoms. The third-order valence-corrected chi connectivity index (χ3v) is 0. The maximum atomic E-state index is 9.00. The molecule has 0 saturated carbocycles. The average molecular weight is 178 g/mol. The minimum atomic E-state index is -0.833. The van der Waals surface area contributed by atoms with E-state index in [0.29, 0.717) is 0 Å².